The molecule has 3 aliphatic heterocycles. The molecule has 2 unspecified atom stereocenters. The molecule has 0 aliphatic carbocycles. The minimum atomic E-state index is -1.25. The van der Waals surface area contributed by atoms with Crippen LogP contribution in [0.1, 0.15) is 37.5 Å². The summed E-state index contributed by atoms with van der Waals surface area (Å²) in [7, 11) is 3.15. The van der Waals surface area contributed by atoms with Crippen molar-refractivity contribution < 1.29 is 28.9 Å². The molecule has 3 heterocycles. The van der Waals surface area contributed by atoms with Gasteiger partial charge in [0.2, 0.25) is 5.72 Å². The minimum Gasteiger partial charge on any atom is -0.507 e. The first kappa shape index (κ1) is 20.8. The van der Waals surface area contributed by atoms with Crippen molar-refractivity contribution >= 4 is 5.71 Å². The van der Waals surface area contributed by atoms with Gasteiger partial charge in [0.1, 0.15) is 41.1 Å². The summed E-state index contributed by atoms with van der Waals surface area (Å²) in [5.74, 6) is 2.87. The number of ether oxygens (including phenoxy) is 4. The molecule has 170 valence electrons. The number of phenols is 1. The van der Waals surface area contributed by atoms with E-state index < -0.39 is 11.1 Å². The van der Waals surface area contributed by atoms with E-state index in [2.05, 4.69) is 19.0 Å². The number of phenolic OH excluding ortho intramolecular Hbond substituents is 1. The van der Waals surface area contributed by atoms with Crippen LogP contribution >= 0.6 is 0 Å². The first-order valence-electron chi connectivity index (χ1n) is 10.7. The molecule has 0 saturated heterocycles. The number of fused-ring (bicyclic) bond motifs is 4. The Hall–Kier alpha value is -3.13. The van der Waals surface area contributed by atoms with E-state index >= 15 is 0 Å². The normalized spacial score (nSPS) is 27.5. The van der Waals surface area contributed by atoms with Crippen LogP contribution in [0, 0.1) is 5.92 Å². The zero-order chi connectivity index (χ0) is 22.8. The zero-order valence-electron chi connectivity index (χ0n) is 18.9. The molecule has 3 atom stereocenters. The number of hydrogen-bond acceptors (Lipinski definition) is 8. The van der Waals surface area contributed by atoms with Crippen LogP contribution in [0.15, 0.2) is 29.4 Å². The summed E-state index contributed by atoms with van der Waals surface area (Å²) < 4.78 is 22.9. The highest BCUT2D eigenvalue weighted by atomic mass is 16.7. The van der Waals surface area contributed by atoms with Crippen molar-refractivity contribution in [2.45, 2.75) is 44.4 Å². The van der Waals surface area contributed by atoms with Crippen molar-refractivity contribution in [3.8, 4) is 28.7 Å². The van der Waals surface area contributed by atoms with E-state index in [0.717, 1.165) is 11.1 Å². The Bertz CT molecular complexity index is 1130. The summed E-state index contributed by atoms with van der Waals surface area (Å²) in [6.45, 7) is 6.25. The van der Waals surface area contributed by atoms with Gasteiger partial charge in [0.15, 0.2) is 11.5 Å². The Balaban J connectivity index is 1.65. The van der Waals surface area contributed by atoms with Gasteiger partial charge in [0.05, 0.1) is 14.2 Å². The quantitative estimate of drug-likeness (QED) is 0.753. The van der Waals surface area contributed by atoms with E-state index in [1.807, 2.05) is 25.1 Å². The van der Waals surface area contributed by atoms with Crippen LogP contribution in [0.2, 0.25) is 0 Å². The molecule has 2 aromatic carbocycles. The highest BCUT2D eigenvalue weighted by Gasteiger charge is 2.62. The molecule has 0 spiro atoms. The Morgan fingerprint density at radius 2 is 1.88 bits per heavy atom. The Morgan fingerprint density at radius 1 is 1.16 bits per heavy atom. The minimum absolute atomic E-state index is 0.0256. The molecular weight excluding hydrogens is 412 g/mol. The summed E-state index contributed by atoms with van der Waals surface area (Å²) in [6, 6.07) is 7.30. The second kappa shape index (κ2) is 6.93. The van der Waals surface area contributed by atoms with Crippen LogP contribution < -0.4 is 24.7 Å². The van der Waals surface area contributed by atoms with Crippen LogP contribution in [0.3, 0.4) is 0 Å². The smallest absolute Gasteiger partial charge is 0.235 e. The first-order valence-corrected chi connectivity index (χ1v) is 10.7. The van der Waals surface area contributed by atoms with Crippen molar-refractivity contribution in [1.82, 2.24) is 0 Å². The lowest BCUT2D eigenvalue weighted by Crippen LogP contribution is -2.63. The highest BCUT2D eigenvalue weighted by Crippen LogP contribution is 2.53. The topological polar surface area (TPSA) is 105 Å². The van der Waals surface area contributed by atoms with Gasteiger partial charge in [-0.05, 0) is 31.0 Å². The number of oxime groups is 1. The molecule has 0 radical (unpaired) electrons. The molecule has 5 rings (SSSR count). The van der Waals surface area contributed by atoms with E-state index in [-0.39, 0.29) is 18.5 Å². The molecule has 0 saturated carbocycles. The van der Waals surface area contributed by atoms with E-state index in [1.165, 1.54) is 0 Å². The number of nitrogens with zero attached hydrogens (tertiary/aromatic N) is 1. The SMILES string of the molecule is COc1cc2c(cc1OC)C1(C)C(c3ccc4c(c3O)C[C@H](C(C)C)O4)=NOC1(N)CO2. The molecule has 0 fully saturated rings. The van der Waals surface area contributed by atoms with Crippen LogP contribution in [0.4, 0.5) is 0 Å². The molecule has 0 bridgehead atoms. The number of hydrogen-bond donors (Lipinski definition) is 2. The third-order valence-electron chi connectivity index (χ3n) is 7.01. The average molecular weight is 440 g/mol. The Morgan fingerprint density at radius 3 is 2.56 bits per heavy atom. The molecule has 8 heteroatoms. The third kappa shape index (κ3) is 2.62. The first-order chi connectivity index (χ1) is 15.2. The maximum atomic E-state index is 11.3. The van der Waals surface area contributed by atoms with Crippen molar-refractivity contribution in [2.75, 3.05) is 20.8 Å². The van der Waals surface area contributed by atoms with Gasteiger partial charge in [0, 0.05) is 29.2 Å². The fourth-order valence-corrected chi connectivity index (χ4v) is 4.80. The number of nitrogens with two attached hydrogens (primary N) is 1. The lowest BCUT2D eigenvalue weighted by Gasteiger charge is -2.43. The molecule has 8 nitrogen and oxygen atoms in total. The van der Waals surface area contributed by atoms with E-state index in [4.69, 9.17) is 29.5 Å². The van der Waals surface area contributed by atoms with Gasteiger partial charge in [-0.25, -0.2) is 0 Å². The molecule has 3 N–H and O–H groups in total. The van der Waals surface area contributed by atoms with Crippen LogP contribution in [-0.4, -0.2) is 43.5 Å². The fraction of sp³-hybridized carbons (Fsp3) is 0.458. The number of aromatic hydroxyl groups is 1. The van der Waals surface area contributed by atoms with Crippen molar-refractivity contribution in [1.29, 1.82) is 0 Å². The average Bonchev–Trinajstić information content (AvgIpc) is 3.34. The van der Waals surface area contributed by atoms with E-state index in [9.17, 15) is 5.11 Å². The van der Waals surface area contributed by atoms with Crippen molar-refractivity contribution in [3.63, 3.8) is 0 Å². The summed E-state index contributed by atoms with van der Waals surface area (Å²) in [5, 5.41) is 15.6. The third-order valence-corrected chi connectivity index (χ3v) is 7.01. The predicted octanol–water partition coefficient (Wildman–Crippen LogP) is 3.11. The van der Waals surface area contributed by atoms with Crippen molar-refractivity contribution in [3.05, 3.63) is 41.0 Å². The monoisotopic (exact) mass is 440 g/mol. The molecular formula is C24H28N2O6. The predicted molar refractivity (Wildman–Crippen MR) is 118 cm³/mol. The number of methoxy groups -OCH3 is 2. The highest BCUT2D eigenvalue weighted by molar-refractivity contribution is 6.12. The maximum absolute atomic E-state index is 11.3. The standard InChI is InChI=1S/C24H28N2O6/c1-12(2)17-8-14-16(31-17)7-6-13(21(14)27)22-23(3)15-9-19(28-4)20(29-5)10-18(15)30-11-24(23,25)32-26-22/h6-7,9-10,12,17,27H,8,11,25H2,1-5H3/t17-,23?,24?/m1/s1. The summed E-state index contributed by atoms with van der Waals surface area (Å²) in [4.78, 5) is 5.76. The van der Waals surface area contributed by atoms with Gasteiger partial charge in [0.25, 0.3) is 0 Å². The molecule has 0 aromatic heterocycles. The molecule has 32 heavy (non-hydrogen) atoms. The Kier molecular flexibility index (Phi) is 4.50. The fourth-order valence-electron chi connectivity index (χ4n) is 4.80. The molecule has 2 aromatic rings. The van der Waals surface area contributed by atoms with Gasteiger partial charge in [-0.2, -0.15) is 0 Å². The van der Waals surface area contributed by atoms with Gasteiger partial charge in [-0.1, -0.05) is 19.0 Å². The summed E-state index contributed by atoms with van der Waals surface area (Å²) >= 11 is 0. The summed E-state index contributed by atoms with van der Waals surface area (Å²) in [6.07, 6.45) is 0.661. The number of benzene rings is 2. The lowest BCUT2D eigenvalue weighted by atomic mass is 9.67. The second-order valence-electron chi connectivity index (χ2n) is 9.08. The van der Waals surface area contributed by atoms with Gasteiger partial charge in [-0.3, -0.25) is 5.73 Å². The largest absolute Gasteiger partial charge is 0.507 e. The van der Waals surface area contributed by atoms with Gasteiger partial charge in [-0.15, -0.1) is 0 Å². The lowest BCUT2D eigenvalue weighted by molar-refractivity contribution is -0.0870. The zero-order valence-corrected chi connectivity index (χ0v) is 18.9. The van der Waals surface area contributed by atoms with Crippen molar-refractivity contribution in [2.24, 2.45) is 16.8 Å². The number of rotatable bonds is 4. The van der Waals surface area contributed by atoms with Gasteiger partial charge >= 0.3 is 0 Å². The summed E-state index contributed by atoms with van der Waals surface area (Å²) in [5.41, 5.74) is 7.14. The van der Waals surface area contributed by atoms with E-state index in [1.54, 1.807) is 20.3 Å². The van der Waals surface area contributed by atoms with Gasteiger partial charge < -0.3 is 28.9 Å². The molecule has 3 aliphatic rings. The Labute approximate surface area is 186 Å². The van der Waals surface area contributed by atoms with Crippen LogP contribution in [0.25, 0.3) is 0 Å². The maximum Gasteiger partial charge on any atom is 0.235 e. The second-order valence-corrected chi connectivity index (χ2v) is 9.08. The van der Waals surface area contributed by atoms with E-state index in [0.29, 0.717) is 46.6 Å². The molecule has 0 amide bonds. The van der Waals surface area contributed by atoms with Crippen LogP contribution in [-0.2, 0) is 16.7 Å². The van der Waals surface area contributed by atoms with Crippen LogP contribution in [0.5, 0.6) is 28.7 Å².